The molecule has 4 nitrogen and oxygen atoms in total. The maximum absolute atomic E-state index is 5.09. The molecule has 4 heteroatoms. The van der Waals surface area contributed by atoms with Crippen molar-refractivity contribution >= 4 is 5.82 Å². The summed E-state index contributed by atoms with van der Waals surface area (Å²) < 4.78 is 5.09. The molecule has 2 aromatic rings. The summed E-state index contributed by atoms with van der Waals surface area (Å²) in [6, 6.07) is 6.94. The Bertz CT molecular complexity index is 520. The fourth-order valence-electron chi connectivity index (χ4n) is 2.07. The lowest BCUT2D eigenvalue weighted by molar-refractivity contribution is 0.563. The first-order valence-electron chi connectivity index (χ1n) is 6.72. The number of hydrogen-bond acceptors (Lipinski definition) is 4. The maximum Gasteiger partial charge on any atom is 0.128 e. The summed E-state index contributed by atoms with van der Waals surface area (Å²) in [4.78, 5) is 6.56. The van der Waals surface area contributed by atoms with Crippen molar-refractivity contribution in [3.63, 3.8) is 0 Å². The van der Waals surface area contributed by atoms with E-state index < -0.39 is 0 Å². The Hall–Kier alpha value is -1.81. The van der Waals surface area contributed by atoms with Gasteiger partial charge < -0.3 is 14.6 Å². The van der Waals surface area contributed by atoms with Gasteiger partial charge in [0.15, 0.2) is 0 Å². The molecule has 0 radical (unpaired) electrons. The van der Waals surface area contributed by atoms with Crippen LogP contribution in [0.4, 0.5) is 5.82 Å². The average Bonchev–Trinajstić information content (AvgIpc) is 3.13. The average molecular weight is 257 g/mol. The Kier molecular flexibility index (Phi) is 3.51. The Morgan fingerprint density at radius 3 is 3.00 bits per heavy atom. The molecule has 2 aromatic heterocycles. The fraction of sp³-hybridized carbons (Fsp3) is 0.400. The van der Waals surface area contributed by atoms with Crippen molar-refractivity contribution in [1.29, 1.82) is 0 Å². The van der Waals surface area contributed by atoms with Gasteiger partial charge in [-0.3, -0.25) is 0 Å². The van der Waals surface area contributed by atoms with E-state index in [1.807, 2.05) is 19.3 Å². The van der Waals surface area contributed by atoms with Crippen molar-refractivity contribution in [3.8, 4) is 0 Å². The Morgan fingerprint density at radius 1 is 1.37 bits per heavy atom. The summed E-state index contributed by atoms with van der Waals surface area (Å²) in [6.45, 7) is 1.74. The van der Waals surface area contributed by atoms with Crippen LogP contribution in [0.5, 0.6) is 0 Å². The van der Waals surface area contributed by atoms with Crippen molar-refractivity contribution in [2.24, 2.45) is 0 Å². The number of pyridine rings is 1. The highest BCUT2D eigenvalue weighted by molar-refractivity contribution is 5.40. The number of hydrogen-bond donors (Lipinski definition) is 1. The van der Waals surface area contributed by atoms with Crippen LogP contribution in [0.15, 0.2) is 41.3 Å². The van der Waals surface area contributed by atoms with Gasteiger partial charge in [0.05, 0.1) is 12.5 Å². The zero-order chi connectivity index (χ0) is 13.1. The van der Waals surface area contributed by atoms with E-state index in [4.69, 9.17) is 4.42 Å². The quantitative estimate of drug-likeness (QED) is 0.863. The molecule has 100 valence electrons. The molecule has 1 aliphatic rings. The molecule has 0 bridgehead atoms. The van der Waals surface area contributed by atoms with E-state index in [2.05, 4.69) is 27.3 Å². The van der Waals surface area contributed by atoms with E-state index >= 15 is 0 Å². The molecular formula is C15H19N3O. The smallest absolute Gasteiger partial charge is 0.128 e. The van der Waals surface area contributed by atoms with Crippen LogP contribution >= 0.6 is 0 Å². The lowest BCUT2D eigenvalue weighted by Gasteiger charge is -2.18. The van der Waals surface area contributed by atoms with Gasteiger partial charge in [0.25, 0.3) is 0 Å². The van der Waals surface area contributed by atoms with Gasteiger partial charge in [0, 0.05) is 37.9 Å². The molecule has 1 aliphatic carbocycles. The number of aromatic nitrogens is 1. The monoisotopic (exact) mass is 257 g/mol. The van der Waals surface area contributed by atoms with Crippen molar-refractivity contribution in [3.05, 3.63) is 48.0 Å². The van der Waals surface area contributed by atoms with E-state index in [1.54, 1.807) is 12.5 Å². The molecule has 0 amide bonds. The van der Waals surface area contributed by atoms with Crippen molar-refractivity contribution in [2.75, 3.05) is 11.9 Å². The van der Waals surface area contributed by atoms with Crippen LogP contribution in [0.1, 0.15) is 24.0 Å². The van der Waals surface area contributed by atoms with Gasteiger partial charge >= 0.3 is 0 Å². The van der Waals surface area contributed by atoms with Gasteiger partial charge in [-0.25, -0.2) is 4.98 Å². The van der Waals surface area contributed by atoms with Gasteiger partial charge in [-0.15, -0.1) is 0 Å². The molecule has 0 aliphatic heterocycles. The van der Waals surface area contributed by atoms with Gasteiger partial charge in [0.1, 0.15) is 5.82 Å². The third-order valence-corrected chi connectivity index (χ3v) is 3.37. The van der Waals surface area contributed by atoms with Crippen LogP contribution in [0.3, 0.4) is 0 Å². The van der Waals surface area contributed by atoms with E-state index in [0.29, 0.717) is 0 Å². The minimum absolute atomic E-state index is 0.736. The van der Waals surface area contributed by atoms with Crippen LogP contribution in [0.2, 0.25) is 0 Å². The minimum atomic E-state index is 0.736. The Balaban J connectivity index is 1.63. The number of nitrogens with one attached hydrogen (secondary N) is 1. The van der Waals surface area contributed by atoms with E-state index in [-0.39, 0.29) is 0 Å². The van der Waals surface area contributed by atoms with Crippen LogP contribution in [0.25, 0.3) is 0 Å². The summed E-state index contributed by atoms with van der Waals surface area (Å²) in [7, 11) is 2.05. The molecule has 2 heterocycles. The molecule has 0 atom stereocenters. The highest BCUT2D eigenvalue weighted by Gasteiger charge is 2.20. The summed E-state index contributed by atoms with van der Waals surface area (Å²) in [5, 5.41) is 3.52. The molecule has 0 saturated heterocycles. The minimum Gasteiger partial charge on any atom is -0.472 e. The predicted octanol–water partition coefficient (Wildman–Crippen LogP) is 2.56. The van der Waals surface area contributed by atoms with E-state index in [1.165, 1.54) is 18.4 Å². The molecule has 0 aromatic carbocycles. The third kappa shape index (κ3) is 3.35. The third-order valence-electron chi connectivity index (χ3n) is 3.37. The van der Waals surface area contributed by atoms with Crippen LogP contribution in [-0.2, 0) is 13.1 Å². The van der Waals surface area contributed by atoms with Crippen molar-refractivity contribution in [2.45, 2.75) is 32.0 Å². The lowest BCUT2D eigenvalue weighted by atomic mass is 10.2. The Labute approximate surface area is 113 Å². The van der Waals surface area contributed by atoms with Gasteiger partial charge in [-0.05, 0) is 36.6 Å². The van der Waals surface area contributed by atoms with Crippen molar-refractivity contribution in [1.82, 2.24) is 10.3 Å². The first-order valence-corrected chi connectivity index (χ1v) is 6.72. The van der Waals surface area contributed by atoms with Crippen LogP contribution < -0.4 is 10.2 Å². The van der Waals surface area contributed by atoms with Crippen LogP contribution in [0, 0.1) is 0 Å². The largest absolute Gasteiger partial charge is 0.472 e. The van der Waals surface area contributed by atoms with E-state index in [9.17, 15) is 0 Å². The molecule has 3 rings (SSSR count). The number of nitrogens with zero attached hydrogens (tertiary/aromatic N) is 2. The second kappa shape index (κ2) is 5.45. The van der Waals surface area contributed by atoms with Gasteiger partial charge in [0.2, 0.25) is 0 Å². The molecule has 0 spiro atoms. The summed E-state index contributed by atoms with van der Waals surface area (Å²) in [6.07, 6.45) is 7.99. The second-order valence-electron chi connectivity index (χ2n) is 5.17. The molecule has 19 heavy (non-hydrogen) atoms. The molecule has 0 unspecified atom stereocenters. The fourth-order valence-corrected chi connectivity index (χ4v) is 2.07. The highest BCUT2D eigenvalue weighted by Crippen LogP contribution is 2.20. The Morgan fingerprint density at radius 2 is 2.26 bits per heavy atom. The zero-order valence-corrected chi connectivity index (χ0v) is 11.2. The van der Waals surface area contributed by atoms with Crippen LogP contribution in [-0.4, -0.2) is 18.1 Å². The number of furan rings is 1. The first kappa shape index (κ1) is 12.2. The topological polar surface area (TPSA) is 41.3 Å². The maximum atomic E-state index is 5.09. The highest BCUT2D eigenvalue weighted by atomic mass is 16.3. The van der Waals surface area contributed by atoms with Crippen molar-refractivity contribution < 1.29 is 4.42 Å². The lowest BCUT2D eigenvalue weighted by Crippen LogP contribution is -2.19. The molecule has 1 saturated carbocycles. The number of rotatable bonds is 6. The SMILES string of the molecule is CN(Cc1ccoc1)c1cc(CNC2CC2)ccn1. The molecule has 1 fully saturated rings. The standard InChI is InChI=1S/C15H19N3O/c1-18(10-13-5-7-19-11-13)15-8-12(4-6-16-15)9-17-14-2-3-14/h4-8,11,14,17H,2-3,9-10H2,1H3. The predicted molar refractivity (Wildman–Crippen MR) is 74.9 cm³/mol. The summed E-state index contributed by atoms with van der Waals surface area (Å²) >= 11 is 0. The molecule has 1 N–H and O–H groups in total. The summed E-state index contributed by atoms with van der Waals surface area (Å²) in [5.41, 5.74) is 2.45. The number of anilines is 1. The zero-order valence-electron chi connectivity index (χ0n) is 11.2. The van der Waals surface area contributed by atoms with Gasteiger partial charge in [-0.2, -0.15) is 0 Å². The summed E-state index contributed by atoms with van der Waals surface area (Å²) in [5.74, 6) is 0.997. The molecular weight excluding hydrogens is 238 g/mol. The normalized spacial score (nSPS) is 14.6. The first-order chi connectivity index (χ1) is 9.31. The second-order valence-corrected chi connectivity index (χ2v) is 5.17. The van der Waals surface area contributed by atoms with Gasteiger partial charge in [-0.1, -0.05) is 0 Å². The van der Waals surface area contributed by atoms with E-state index in [0.717, 1.165) is 30.5 Å².